The van der Waals surface area contributed by atoms with Gasteiger partial charge in [-0.3, -0.25) is 4.79 Å². The first-order valence-corrected chi connectivity index (χ1v) is 6.74. The molecule has 1 aromatic carbocycles. The Hall–Kier alpha value is -1.26. The minimum absolute atomic E-state index is 0.0300. The van der Waals surface area contributed by atoms with E-state index in [0.717, 1.165) is 19.3 Å². The van der Waals surface area contributed by atoms with Crippen LogP contribution in [-0.2, 0) is 0 Å². The van der Waals surface area contributed by atoms with Crippen LogP contribution in [0.3, 0.4) is 0 Å². The summed E-state index contributed by atoms with van der Waals surface area (Å²) < 4.78 is 0. The lowest BCUT2D eigenvalue weighted by Crippen LogP contribution is -2.44. The highest BCUT2D eigenvalue weighted by molar-refractivity contribution is 6.32. The van der Waals surface area contributed by atoms with Gasteiger partial charge in [0.1, 0.15) is 5.75 Å². The van der Waals surface area contributed by atoms with Gasteiger partial charge >= 0.3 is 0 Å². The molecule has 0 aliphatic heterocycles. The second-order valence-electron chi connectivity index (χ2n) is 5.40. The smallest absolute Gasteiger partial charge is 0.251 e. The van der Waals surface area contributed by atoms with Gasteiger partial charge in [-0.25, -0.2) is 0 Å². The van der Waals surface area contributed by atoms with Gasteiger partial charge in [0.05, 0.1) is 11.6 Å². The topological polar surface area (TPSA) is 69.6 Å². The molecule has 0 radical (unpaired) electrons. The van der Waals surface area contributed by atoms with E-state index in [9.17, 15) is 15.0 Å². The zero-order valence-corrected chi connectivity index (χ0v) is 11.6. The summed E-state index contributed by atoms with van der Waals surface area (Å²) >= 11 is 5.79. The van der Waals surface area contributed by atoms with Gasteiger partial charge in [-0.05, 0) is 31.0 Å². The Morgan fingerprint density at radius 2 is 2.32 bits per heavy atom. The minimum atomic E-state index is -0.254. The first-order valence-electron chi connectivity index (χ1n) is 6.36. The van der Waals surface area contributed by atoms with E-state index in [1.807, 2.05) is 6.92 Å². The minimum Gasteiger partial charge on any atom is -0.506 e. The van der Waals surface area contributed by atoms with E-state index in [1.165, 1.54) is 18.2 Å². The van der Waals surface area contributed by atoms with Crippen molar-refractivity contribution in [3.8, 4) is 5.75 Å². The first-order chi connectivity index (χ1) is 8.96. The van der Waals surface area contributed by atoms with Gasteiger partial charge < -0.3 is 15.5 Å². The fraction of sp³-hybridized carbons (Fsp3) is 0.500. The molecule has 1 amide bonds. The van der Waals surface area contributed by atoms with Crippen LogP contribution in [0.4, 0.5) is 0 Å². The van der Waals surface area contributed by atoms with Crippen molar-refractivity contribution in [2.24, 2.45) is 5.41 Å². The standard InChI is InChI=1S/C14H18ClNO3/c1-14(8-17)6-2-3-12(14)16-13(19)9-4-5-11(18)10(15)7-9/h4-5,7,12,17-18H,2-3,6,8H2,1H3,(H,16,19). The number of rotatable bonds is 3. The number of amides is 1. The molecule has 1 aromatic rings. The Morgan fingerprint density at radius 1 is 1.58 bits per heavy atom. The number of hydrogen-bond acceptors (Lipinski definition) is 3. The number of benzene rings is 1. The maximum atomic E-state index is 12.1. The fourth-order valence-electron chi connectivity index (χ4n) is 2.56. The number of aliphatic hydroxyl groups excluding tert-OH is 1. The monoisotopic (exact) mass is 283 g/mol. The van der Waals surface area contributed by atoms with Crippen molar-refractivity contribution in [2.45, 2.75) is 32.2 Å². The number of halogens is 1. The summed E-state index contributed by atoms with van der Waals surface area (Å²) in [5.74, 6) is -0.271. The summed E-state index contributed by atoms with van der Waals surface area (Å²) in [6.45, 7) is 2.04. The summed E-state index contributed by atoms with van der Waals surface area (Å²) in [6, 6.07) is 4.34. The first kappa shape index (κ1) is 14.2. The zero-order chi connectivity index (χ0) is 14.0. The van der Waals surface area contributed by atoms with E-state index in [-0.39, 0.29) is 34.7 Å². The van der Waals surface area contributed by atoms with E-state index in [0.29, 0.717) is 5.56 Å². The summed E-state index contributed by atoms with van der Waals surface area (Å²) in [4.78, 5) is 12.1. The van der Waals surface area contributed by atoms with Crippen LogP contribution in [0, 0.1) is 5.41 Å². The van der Waals surface area contributed by atoms with Gasteiger partial charge in [-0.1, -0.05) is 24.9 Å². The number of aromatic hydroxyl groups is 1. The molecule has 0 bridgehead atoms. The summed E-state index contributed by atoms with van der Waals surface area (Å²) in [6.07, 6.45) is 2.78. The number of carbonyl (C=O) groups excluding carboxylic acids is 1. The van der Waals surface area contributed by atoms with Crippen LogP contribution in [0.2, 0.25) is 5.02 Å². The molecule has 0 aromatic heterocycles. The van der Waals surface area contributed by atoms with Gasteiger partial charge in [-0.15, -0.1) is 0 Å². The van der Waals surface area contributed by atoms with Gasteiger partial charge in [0.2, 0.25) is 0 Å². The van der Waals surface area contributed by atoms with Crippen molar-refractivity contribution >= 4 is 17.5 Å². The highest BCUT2D eigenvalue weighted by Crippen LogP contribution is 2.37. The van der Waals surface area contributed by atoms with Crippen LogP contribution < -0.4 is 5.32 Å². The second kappa shape index (κ2) is 5.39. The molecule has 2 unspecified atom stereocenters. The Labute approximate surface area is 117 Å². The van der Waals surface area contributed by atoms with Crippen molar-refractivity contribution < 1.29 is 15.0 Å². The molecule has 104 valence electrons. The van der Waals surface area contributed by atoms with Crippen molar-refractivity contribution in [2.75, 3.05) is 6.61 Å². The molecule has 4 nitrogen and oxygen atoms in total. The summed E-state index contributed by atoms with van der Waals surface area (Å²) in [5.41, 5.74) is 0.158. The maximum Gasteiger partial charge on any atom is 0.251 e. The molecule has 0 spiro atoms. The molecule has 1 aliphatic rings. The Kier molecular flexibility index (Phi) is 4.02. The van der Waals surface area contributed by atoms with Crippen LogP contribution in [0.1, 0.15) is 36.5 Å². The number of aliphatic hydroxyl groups is 1. The third-order valence-corrected chi connectivity index (χ3v) is 4.26. The summed E-state index contributed by atoms with van der Waals surface area (Å²) in [5, 5.41) is 21.9. The molecule has 2 rings (SSSR count). The predicted molar refractivity (Wildman–Crippen MR) is 73.4 cm³/mol. The van der Waals surface area contributed by atoms with Crippen LogP contribution in [0.25, 0.3) is 0 Å². The van der Waals surface area contributed by atoms with Crippen LogP contribution in [0.5, 0.6) is 5.75 Å². The molecule has 0 heterocycles. The average molecular weight is 284 g/mol. The molecule has 0 saturated heterocycles. The third kappa shape index (κ3) is 2.85. The van der Waals surface area contributed by atoms with Crippen molar-refractivity contribution in [3.63, 3.8) is 0 Å². The van der Waals surface area contributed by atoms with E-state index >= 15 is 0 Å². The third-order valence-electron chi connectivity index (χ3n) is 3.96. The number of phenols is 1. The van der Waals surface area contributed by atoms with Crippen molar-refractivity contribution in [1.29, 1.82) is 0 Å². The molecule has 3 N–H and O–H groups in total. The molecular weight excluding hydrogens is 266 g/mol. The van der Waals surface area contributed by atoms with E-state index in [4.69, 9.17) is 11.6 Å². The number of phenolic OH excluding ortho intramolecular Hbond substituents is 1. The molecule has 2 atom stereocenters. The lowest BCUT2D eigenvalue weighted by atomic mass is 9.85. The number of carbonyl (C=O) groups is 1. The van der Waals surface area contributed by atoms with Gasteiger partial charge in [0.15, 0.2) is 0 Å². The van der Waals surface area contributed by atoms with E-state index < -0.39 is 0 Å². The van der Waals surface area contributed by atoms with Crippen LogP contribution in [0.15, 0.2) is 18.2 Å². The van der Waals surface area contributed by atoms with Gasteiger partial charge in [-0.2, -0.15) is 0 Å². The molecule has 5 heteroatoms. The normalized spacial score (nSPS) is 26.4. The second-order valence-corrected chi connectivity index (χ2v) is 5.80. The van der Waals surface area contributed by atoms with Crippen molar-refractivity contribution in [1.82, 2.24) is 5.32 Å². The van der Waals surface area contributed by atoms with Crippen LogP contribution >= 0.6 is 11.6 Å². The molecule has 1 fully saturated rings. The largest absolute Gasteiger partial charge is 0.506 e. The lowest BCUT2D eigenvalue weighted by Gasteiger charge is -2.30. The number of nitrogens with one attached hydrogen (secondary N) is 1. The summed E-state index contributed by atoms with van der Waals surface area (Å²) in [7, 11) is 0. The van der Waals surface area contributed by atoms with E-state index in [1.54, 1.807) is 0 Å². The Bertz CT molecular complexity index is 492. The molecule has 1 aliphatic carbocycles. The van der Waals surface area contributed by atoms with Crippen LogP contribution in [-0.4, -0.2) is 28.8 Å². The van der Waals surface area contributed by atoms with E-state index in [2.05, 4.69) is 5.32 Å². The highest BCUT2D eigenvalue weighted by Gasteiger charge is 2.39. The quantitative estimate of drug-likeness (QED) is 0.797. The molecular formula is C14H18ClNO3. The van der Waals surface area contributed by atoms with Crippen molar-refractivity contribution in [3.05, 3.63) is 28.8 Å². The fourth-order valence-corrected chi connectivity index (χ4v) is 2.74. The number of hydrogen-bond donors (Lipinski definition) is 3. The molecule has 1 saturated carbocycles. The SMILES string of the molecule is CC1(CO)CCCC1NC(=O)c1ccc(O)c(Cl)c1. The zero-order valence-electron chi connectivity index (χ0n) is 10.8. The lowest BCUT2D eigenvalue weighted by molar-refractivity contribution is 0.0830. The maximum absolute atomic E-state index is 12.1. The van der Waals surface area contributed by atoms with Gasteiger partial charge in [0, 0.05) is 17.0 Å². The highest BCUT2D eigenvalue weighted by atomic mass is 35.5. The van der Waals surface area contributed by atoms with Gasteiger partial charge in [0.25, 0.3) is 5.91 Å². The predicted octanol–water partition coefficient (Wildman–Crippen LogP) is 2.33. The molecule has 19 heavy (non-hydrogen) atoms. The average Bonchev–Trinajstić information content (AvgIpc) is 2.75. The Balaban J connectivity index is 2.10. The Morgan fingerprint density at radius 3 is 2.95 bits per heavy atom.